The van der Waals surface area contributed by atoms with Gasteiger partial charge in [-0.2, -0.15) is 0 Å². The summed E-state index contributed by atoms with van der Waals surface area (Å²) in [5, 5.41) is 2.12. The zero-order chi connectivity index (χ0) is 8.39. The van der Waals surface area contributed by atoms with Gasteiger partial charge in [-0.15, -0.1) is 11.3 Å². The van der Waals surface area contributed by atoms with Crippen LogP contribution in [0.2, 0.25) is 0 Å². The quantitative estimate of drug-likeness (QED) is 0.800. The van der Waals surface area contributed by atoms with Crippen molar-refractivity contribution in [2.24, 2.45) is 5.73 Å². The smallest absolute Gasteiger partial charge is 0.0558 e. The summed E-state index contributed by atoms with van der Waals surface area (Å²) in [7, 11) is 0. The molecule has 2 aromatic rings. The van der Waals surface area contributed by atoms with Crippen molar-refractivity contribution in [3.63, 3.8) is 0 Å². The molecule has 0 atom stereocenters. The normalized spacial score (nSPS) is 10.4. The van der Waals surface area contributed by atoms with Gasteiger partial charge in [0.15, 0.2) is 0 Å². The van der Waals surface area contributed by atoms with E-state index in [9.17, 15) is 0 Å². The summed E-state index contributed by atoms with van der Waals surface area (Å²) in [4.78, 5) is 2.43. The Morgan fingerprint density at radius 1 is 1.50 bits per heavy atom. The number of nitrogens with two attached hydrogens (primary N) is 1. The van der Waals surface area contributed by atoms with E-state index in [-0.39, 0.29) is 0 Å². The molecule has 2 N–H and O–H groups in total. The Kier molecular flexibility index (Phi) is 2.21. The molecule has 2 rings (SSSR count). The molecule has 0 aliphatic carbocycles. The molecular formula is C8H8N2S2. The highest BCUT2D eigenvalue weighted by Gasteiger charge is 2.01. The maximum absolute atomic E-state index is 5.51. The van der Waals surface area contributed by atoms with Gasteiger partial charge in [-0.1, -0.05) is 0 Å². The average Bonchev–Trinajstić information content (AvgIpc) is 2.75. The first-order valence-corrected chi connectivity index (χ1v) is 5.24. The van der Waals surface area contributed by atoms with Gasteiger partial charge in [0.05, 0.1) is 4.88 Å². The molecule has 0 aromatic carbocycles. The molecule has 0 saturated carbocycles. The average molecular weight is 196 g/mol. The van der Waals surface area contributed by atoms with Crippen molar-refractivity contribution in [2.75, 3.05) is 0 Å². The molecule has 0 unspecified atom stereocenters. The summed E-state index contributed by atoms with van der Waals surface area (Å²) < 4.78 is 4.05. The second kappa shape index (κ2) is 3.35. The van der Waals surface area contributed by atoms with E-state index in [0.29, 0.717) is 6.54 Å². The molecule has 0 radical (unpaired) electrons. The number of hydrogen-bond donors (Lipinski definition) is 1. The Hall–Kier alpha value is -0.710. The van der Waals surface area contributed by atoms with Gasteiger partial charge < -0.3 is 5.73 Å². The van der Waals surface area contributed by atoms with Crippen molar-refractivity contribution < 1.29 is 0 Å². The fourth-order valence-electron chi connectivity index (χ4n) is 0.982. The van der Waals surface area contributed by atoms with E-state index in [4.69, 9.17) is 5.73 Å². The van der Waals surface area contributed by atoms with Crippen molar-refractivity contribution in [1.29, 1.82) is 0 Å². The Morgan fingerprint density at radius 2 is 2.42 bits per heavy atom. The molecule has 12 heavy (non-hydrogen) atoms. The summed E-state index contributed by atoms with van der Waals surface area (Å²) in [6.45, 7) is 0.628. The minimum Gasteiger partial charge on any atom is -0.326 e. The minimum atomic E-state index is 0.628. The van der Waals surface area contributed by atoms with Gasteiger partial charge in [0.25, 0.3) is 0 Å². The Bertz CT molecular complexity index is 351. The largest absolute Gasteiger partial charge is 0.326 e. The Morgan fingerprint density at radius 3 is 3.00 bits per heavy atom. The fraction of sp³-hybridized carbons (Fsp3) is 0.125. The van der Waals surface area contributed by atoms with Gasteiger partial charge in [0, 0.05) is 23.2 Å². The summed E-state index contributed by atoms with van der Waals surface area (Å²) in [6.07, 6.45) is 1.82. The van der Waals surface area contributed by atoms with E-state index in [2.05, 4.69) is 15.8 Å². The van der Waals surface area contributed by atoms with Crippen LogP contribution >= 0.6 is 22.9 Å². The maximum Gasteiger partial charge on any atom is 0.0558 e. The van der Waals surface area contributed by atoms with Crippen molar-refractivity contribution >= 4 is 22.9 Å². The minimum absolute atomic E-state index is 0.628. The lowest BCUT2D eigenvalue weighted by Crippen LogP contribution is -1.91. The first kappa shape index (κ1) is 7.91. The van der Waals surface area contributed by atoms with Crippen LogP contribution < -0.4 is 5.73 Å². The van der Waals surface area contributed by atoms with Crippen LogP contribution in [0.3, 0.4) is 0 Å². The molecule has 0 aliphatic heterocycles. The van der Waals surface area contributed by atoms with E-state index in [1.807, 2.05) is 12.3 Å². The topological polar surface area (TPSA) is 38.9 Å². The van der Waals surface area contributed by atoms with Crippen LogP contribution in [-0.4, -0.2) is 4.37 Å². The predicted molar refractivity (Wildman–Crippen MR) is 53.3 cm³/mol. The summed E-state index contributed by atoms with van der Waals surface area (Å²) in [6, 6.07) is 4.14. The molecule has 0 saturated heterocycles. The van der Waals surface area contributed by atoms with Gasteiger partial charge in [0.2, 0.25) is 0 Å². The van der Waals surface area contributed by atoms with Gasteiger partial charge in [-0.3, -0.25) is 0 Å². The van der Waals surface area contributed by atoms with Gasteiger partial charge >= 0.3 is 0 Å². The summed E-state index contributed by atoms with van der Waals surface area (Å²) in [5.74, 6) is 0. The molecule has 2 nitrogen and oxygen atoms in total. The molecule has 0 spiro atoms. The SMILES string of the molecule is NCc1cc(-c2ccns2)cs1. The maximum atomic E-state index is 5.51. The highest BCUT2D eigenvalue weighted by atomic mass is 32.1. The molecule has 0 aliphatic rings. The standard InChI is InChI=1S/C8H8N2S2/c9-4-7-3-6(5-11-7)8-1-2-10-12-8/h1-3,5H,4,9H2. The third-order valence-electron chi connectivity index (χ3n) is 1.58. The van der Waals surface area contributed by atoms with Crippen molar-refractivity contribution in [1.82, 2.24) is 4.37 Å². The highest BCUT2D eigenvalue weighted by molar-refractivity contribution is 7.12. The van der Waals surface area contributed by atoms with Crippen LogP contribution in [0.25, 0.3) is 10.4 Å². The van der Waals surface area contributed by atoms with Crippen LogP contribution in [0.1, 0.15) is 4.88 Å². The molecule has 4 heteroatoms. The van der Waals surface area contributed by atoms with E-state index < -0.39 is 0 Å². The third-order valence-corrected chi connectivity index (χ3v) is 3.33. The number of thiophene rings is 1. The van der Waals surface area contributed by atoms with E-state index in [1.54, 1.807) is 11.3 Å². The van der Waals surface area contributed by atoms with E-state index in [1.165, 1.54) is 26.9 Å². The van der Waals surface area contributed by atoms with E-state index in [0.717, 1.165) is 0 Å². The molecule has 0 fully saturated rings. The number of rotatable bonds is 2. The zero-order valence-electron chi connectivity index (χ0n) is 6.36. The zero-order valence-corrected chi connectivity index (χ0v) is 7.99. The lowest BCUT2D eigenvalue weighted by molar-refractivity contribution is 1.11. The predicted octanol–water partition coefficient (Wildman–Crippen LogP) is 2.33. The molecule has 0 amide bonds. The molecule has 0 bridgehead atoms. The van der Waals surface area contributed by atoms with E-state index >= 15 is 0 Å². The Balaban J connectivity index is 2.35. The monoisotopic (exact) mass is 196 g/mol. The highest BCUT2D eigenvalue weighted by Crippen LogP contribution is 2.27. The van der Waals surface area contributed by atoms with Gasteiger partial charge in [-0.05, 0) is 29.0 Å². The van der Waals surface area contributed by atoms with Crippen LogP contribution in [-0.2, 0) is 6.54 Å². The number of aromatic nitrogens is 1. The first-order valence-electron chi connectivity index (χ1n) is 3.58. The number of hydrogen-bond acceptors (Lipinski definition) is 4. The molecular weight excluding hydrogens is 188 g/mol. The fourth-order valence-corrected chi connectivity index (χ4v) is 2.40. The van der Waals surface area contributed by atoms with Gasteiger partial charge in [-0.25, -0.2) is 4.37 Å². The lowest BCUT2D eigenvalue weighted by atomic mass is 10.2. The summed E-state index contributed by atoms with van der Waals surface area (Å²) in [5.41, 5.74) is 6.75. The lowest BCUT2D eigenvalue weighted by Gasteiger charge is -1.86. The van der Waals surface area contributed by atoms with Crippen LogP contribution in [0.15, 0.2) is 23.7 Å². The van der Waals surface area contributed by atoms with Crippen molar-refractivity contribution in [3.8, 4) is 10.4 Å². The molecule has 2 aromatic heterocycles. The molecule has 2 heterocycles. The third kappa shape index (κ3) is 1.41. The Labute approximate surface area is 78.8 Å². The number of nitrogens with zero attached hydrogens (tertiary/aromatic N) is 1. The van der Waals surface area contributed by atoms with Crippen molar-refractivity contribution in [2.45, 2.75) is 6.54 Å². The second-order valence-corrected chi connectivity index (χ2v) is 4.21. The van der Waals surface area contributed by atoms with Gasteiger partial charge in [0.1, 0.15) is 0 Å². The summed E-state index contributed by atoms with van der Waals surface area (Å²) >= 11 is 3.22. The molecule has 62 valence electrons. The first-order chi connectivity index (χ1) is 5.90. The second-order valence-electron chi connectivity index (χ2n) is 2.38. The van der Waals surface area contributed by atoms with Crippen LogP contribution in [0.4, 0.5) is 0 Å². The van der Waals surface area contributed by atoms with Crippen molar-refractivity contribution in [3.05, 3.63) is 28.6 Å². The van der Waals surface area contributed by atoms with Crippen LogP contribution in [0.5, 0.6) is 0 Å². The van der Waals surface area contributed by atoms with Crippen LogP contribution in [0, 0.1) is 0 Å².